The maximum atomic E-state index is 12.8. The molecule has 1 aliphatic heterocycles. The summed E-state index contributed by atoms with van der Waals surface area (Å²) < 4.78 is 60.9. The standard InChI is InChI=1S/C13H17F3N2O5S/c14-13(15,16)9-2-1-8-5-10(7-18(3-4-19)12(20)21)17-24(22,23)11(8)6-9/h1-2,6,10,17,19,22-23H,3-5,7H2,(H,20,21). The predicted octanol–water partition coefficient (Wildman–Crippen LogP) is 2.22. The number of amides is 1. The fourth-order valence-electron chi connectivity index (χ4n) is 2.52. The van der Waals surface area contributed by atoms with E-state index < -0.39 is 41.3 Å². The van der Waals surface area contributed by atoms with Crippen LogP contribution in [0.5, 0.6) is 0 Å². The average molecular weight is 370 g/mol. The molecule has 1 amide bonds. The summed E-state index contributed by atoms with van der Waals surface area (Å²) >= 11 is 0. The van der Waals surface area contributed by atoms with Crippen molar-refractivity contribution in [2.75, 3.05) is 19.7 Å². The highest BCUT2D eigenvalue weighted by Gasteiger charge is 2.36. The molecule has 24 heavy (non-hydrogen) atoms. The molecule has 0 radical (unpaired) electrons. The van der Waals surface area contributed by atoms with Crippen molar-refractivity contribution in [2.45, 2.75) is 23.5 Å². The number of fused-ring (bicyclic) bond motifs is 1. The summed E-state index contributed by atoms with van der Waals surface area (Å²) in [5.74, 6) is 0. The van der Waals surface area contributed by atoms with Crippen LogP contribution in [0.2, 0.25) is 0 Å². The summed E-state index contributed by atoms with van der Waals surface area (Å²) in [7, 11) is -3.69. The molecule has 0 aromatic heterocycles. The van der Waals surface area contributed by atoms with Crippen LogP contribution in [0, 0.1) is 0 Å². The SMILES string of the molecule is O=C(O)N(CCO)CC1Cc2ccc(C(F)(F)F)cc2S(O)(O)N1. The van der Waals surface area contributed by atoms with Gasteiger partial charge in [-0.3, -0.25) is 9.11 Å². The third-order valence-corrected chi connectivity index (χ3v) is 5.24. The fraction of sp³-hybridized carbons (Fsp3) is 0.462. The van der Waals surface area contributed by atoms with Crippen molar-refractivity contribution in [3.8, 4) is 0 Å². The highest BCUT2D eigenvalue weighted by Crippen LogP contribution is 2.51. The average Bonchev–Trinajstić information content (AvgIpc) is 2.44. The number of hydrogen-bond donors (Lipinski definition) is 5. The molecule has 1 aromatic rings. The fourth-order valence-corrected chi connectivity index (χ4v) is 4.08. The van der Waals surface area contributed by atoms with Crippen LogP contribution in [0.3, 0.4) is 0 Å². The molecule has 0 aliphatic carbocycles. The van der Waals surface area contributed by atoms with E-state index in [2.05, 4.69) is 4.72 Å². The molecule has 136 valence electrons. The minimum absolute atomic E-state index is 0.124. The molecule has 5 N–H and O–H groups in total. The molecule has 1 aromatic carbocycles. The molecule has 7 nitrogen and oxygen atoms in total. The summed E-state index contributed by atoms with van der Waals surface area (Å²) in [6.07, 6.45) is -5.78. The van der Waals surface area contributed by atoms with Gasteiger partial charge in [0.15, 0.2) is 0 Å². The molecule has 1 unspecified atom stereocenters. The monoisotopic (exact) mass is 370 g/mol. The van der Waals surface area contributed by atoms with Crippen LogP contribution in [0.1, 0.15) is 11.1 Å². The molecular formula is C13H17F3N2O5S. The Morgan fingerprint density at radius 2 is 2.04 bits per heavy atom. The van der Waals surface area contributed by atoms with Crippen LogP contribution in [0.25, 0.3) is 0 Å². The van der Waals surface area contributed by atoms with Gasteiger partial charge in [0, 0.05) is 19.1 Å². The third-order valence-electron chi connectivity index (χ3n) is 3.58. The smallest absolute Gasteiger partial charge is 0.416 e. The van der Waals surface area contributed by atoms with E-state index in [4.69, 9.17) is 10.2 Å². The van der Waals surface area contributed by atoms with Gasteiger partial charge in [-0.05, 0) is 24.1 Å². The lowest BCUT2D eigenvalue weighted by atomic mass is 10.0. The number of aliphatic hydroxyl groups is 1. The van der Waals surface area contributed by atoms with Crippen molar-refractivity contribution in [3.05, 3.63) is 29.3 Å². The van der Waals surface area contributed by atoms with Crippen LogP contribution in [-0.2, 0) is 12.6 Å². The topological polar surface area (TPSA) is 113 Å². The molecule has 1 aliphatic rings. The molecule has 0 spiro atoms. The first-order valence-electron chi connectivity index (χ1n) is 6.89. The Morgan fingerprint density at radius 1 is 1.38 bits per heavy atom. The summed E-state index contributed by atoms with van der Waals surface area (Å²) in [6, 6.07) is 2.00. The van der Waals surface area contributed by atoms with E-state index in [-0.39, 0.29) is 24.4 Å². The summed E-state index contributed by atoms with van der Waals surface area (Å²) in [4.78, 5) is 11.7. The van der Waals surface area contributed by atoms with Gasteiger partial charge in [-0.25, -0.2) is 9.52 Å². The Morgan fingerprint density at radius 3 is 2.58 bits per heavy atom. The maximum absolute atomic E-state index is 12.8. The summed E-state index contributed by atoms with van der Waals surface area (Å²) in [5, 5.41) is 17.9. The van der Waals surface area contributed by atoms with E-state index in [0.717, 1.165) is 17.0 Å². The molecule has 1 atom stereocenters. The highest BCUT2D eigenvalue weighted by molar-refractivity contribution is 8.22. The quantitative estimate of drug-likeness (QED) is 0.555. The van der Waals surface area contributed by atoms with E-state index in [0.29, 0.717) is 11.6 Å². The van der Waals surface area contributed by atoms with Gasteiger partial charge in [0.1, 0.15) is 0 Å². The van der Waals surface area contributed by atoms with E-state index >= 15 is 0 Å². The molecule has 0 saturated carbocycles. The Hall–Kier alpha value is -1.53. The lowest BCUT2D eigenvalue weighted by Crippen LogP contribution is -2.48. The number of nitrogens with one attached hydrogen (secondary N) is 1. The first-order valence-corrected chi connectivity index (χ1v) is 8.43. The number of carbonyl (C=O) groups is 1. The van der Waals surface area contributed by atoms with Crippen molar-refractivity contribution in [1.29, 1.82) is 0 Å². The second-order valence-corrected chi connectivity index (χ2v) is 7.11. The molecule has 1 heterocycles. The number of hydrogen-bond acceptors (Lipinski definition) is 5. The van der Waals surface area contributed by atoms with Gasteiger partial charge in [0.2, 0.25) is 0 Å². The molecule has 11 heteroatoms. The Kier molecular flexibility index (Phi) is 5.30. The number of carboxylic acid groups (broad SMARTS) is 1. The second kappa shape index (κ2) is 6.76. The van der Waals surface area contributed by atoms with Crippen molar-refractivity contribution in [1.82, 2.24) is 9.62 Å². The van der Waals surface area contributed by atoms with Crippen molar-refractivity contribution in [2.24, 2.45) is 0 Å². The van der Waals surface area contributed by atoms with E-state index in [9.17, 15) is 27.1 Å². The minimum Gasteiger partial charge on any atom is -0.465 e. The summed E-state index contributed by atoms with van der Waals surface area (Å²) in [6.45, 7) is -0.709. The third kappa shape index (κ3) is 4.11. The largest absolute Gasteiger partial charge is 0.465 e. The van der Waals surface area contributed by atoms with Gasteiger partial charge < -0.3 is 15.1 Å². The zero-order valence-corrected chi connectivity index (χ0v) is 13.1. The number of halogens is 3. The molecule has 0 fully saturated rings. The highest BCUT2D eigenvalue weighted by atomic mass is 32.3. The van der Waals surface area contributed by atoms with E-state index in [1.165, 1.54) is 0 Å². The van der Waals surface area contributed by atoms with Crippen LogP contribution < -0.4 is 4.72 Å². The zero-order chi connectivity index (χ0) is 18.1. The second-order valence-electron chi connectivity index (χ2n) is 5.34. The first-order chi connectivity index (χ1) is 11.0. The number of benzene rings is 1. The lowest BCUT2D eigenvalue weighted by Gasteiger charge is -2.43. The van der Waals surface area contributed by atoms with Crippen LogP contribution in [0.15, 0.2) is 23.1 Å². The van der Waals surface area contributed by atoms with Gasteiger partial charge in [0.05, 0.1) is 17.1 Å². The number of aliphatic hydroxyl groups excluding tert-OH is 1. The van der Waals surface area contributed by atoms with Crippen LogP contribution in [0.4, 0.5) is 18.0 Å². The number of rotatable bonds is 4. The van der Waals surface area contributed by atoms with Crippen molar-refractivity contribution >= 4 is 16.9 Å². The van der Waals surface area contributed by atoms with Gasteiger partial charge in [-0.15, -0.1) is 10.8 Å². The number of alkyl halides is 3. The van der Waals surface area contributed by atoms with Crippen molar-refractivity contribution < 1.29 is 37.3 Å². The van der Waals surface area contributed by atoms with Gasteiger partial charge in [-0.1, -0.05) is 6.07 Å². The van der Waals surface area contributed by atoms with Gasteiger partial charge in [0.25, 0.3) is 0 Å². The van der Waals surface area contributed by atoms with Crippen LogP contribution in [-0.4, -0.2) is 56.0 Å². The molecular weight excluding hydrogens is 353 g/mol. The lowest BCUT2D eigenvalue weighted by molar-refractivity contribution is -0.137. The summed E-state index contributed by atoms with van der Waals surface area (Å²) in [5.41, 5.74) is -0.685. The van der Waals surface area contributed by atoms with Gasteiger partial charge in [-0.2, -0.15) is 13.2 Å². The van der Waals surface area contributed by atoms with Gasteiger partial charge >= 0.3 is 12.3 Å². The van der Waals surface area contributed by atoms with E-state index in [1.807, 2.05) is 0 Å². The normalized spacial score (nSPS) is 21.0. The minimum atomic E-state index is -4.61. The first kappa shape index (κ1) is 18.8. The number of nitrogens with zero attached hydrogens (tertiary/aromatic N) is 1. The molecule has 0 bridgehead atoms. The Labute approximate surface area is 137 Å². The van der Waals surface area contributed by atoms with Crippen molar-refractivity contribution in [3.63, 3.8) is 0 Å². The molecule has 2 rings (SSSR count). The maximum Gasteiger partial charge on any atom is 0.416 e. The van der Waals surface area contributed by atoms with Crippen LogP contribution >= 0.6 is 10.8 Å². The Bertz CT molecular complexity index is 626. The van der Waals surface area contributed by atoms with E-state index in [1.54, 1.807) is 0 Å². The zero-order valence-electron chi connectivity index (χ0n) is 12.3. The Balaban J connectivity index is 2.26. The molecule has 0 saturated heterocycles. The predicted molar refractivity (Wildman–Crippen MR) is 79.9 cm³/mol.